The van der Waals surface area contributed by atoms with Gasteiger partial charge in [-0.2, -0.15) is 0 Å². The smallest absolute Gasteiger partial charge is 0.338 e. The average Bonchev–Trinajstić information content (AvgIpc) is 2.70. The summed E-state index contributed by atoms with van der Waals surface area (Å²) in [6, 6.07) is 14.0. The van der Waals surface area contributed by atoms with Crippen LogP contribution in [-0.2, 0) is 11.2 Å². The quantitative estimate of drug-likeness (QED) is 0.686. The van der Waals surface area contributed by atoms with Crippen molar-refractivity contribution in [3.63, 3.8) is 0 Å². The highest BCUT2D eigenvalue weighted by molar-refractivity contribution is 5.93. The zero-order chi connectivity index (χ0) is 21.9. The molecule has 0 spiro atoms. The summed E-state index contributed by atoms with van der Waals surface area (Å²) in [7, 11) is 1.33. The molecule has 0 bridgehead atoms. The van der Waals surface area contributed by atoms with Gasteiger partial charge in [0.25, 0.3) is 0 Å². The van der Waals surface area contributed by atoms with Crippen molar-refractivity contribution in [1.29, 1.82) is 0 Å². The minimum Gasteiger partial charge on any atom is -0.465 e. The van der Waals surface area contributed by atoms with Crippen LogP contribution >= 0.6 is 0 Å². The Morgan fingerprint density at radius 1 is 1.20 bits per heavy atom. The second kappa shape index (κ2) is 9.17. The lowest BCUT2D eigenvalue weighted by molar-refractivity contribution is 0.0599. The summed E-state index contributed by atoms with van der Waals surface area (Å²) in [4.78, 5) is 14.6. The minimum atomic E-state index is -0.506. The second-order valence-electron chi connectivity index (χ2n) is 8.60. The number of rotatable bonds is 6. The van der Waals surface area contributed by atoms with Gasteiger partial charge in [-0.05, 0) is 70.2 Å². The number of nitrogens with zero attached hydrogens (tertiary/aromatic N) is 1. The third kappa shape index (κ3) is 4.51. The van der Waals surface area contributed by atoms with Gasteiger partial charge in [0.15, 0.2) is 0 Å². The first-order chi connectivity index (χ1) is 14.3. The van der Waals surface area contributed by atoms with Crippen LogP contribution in [0.2, 0.25) is 0 Å². The van der Waals surface area contributed by atoms with E-state index in [4.69, 9.17) is 4.74 Å². The van der Waals surface area contributed by atoms with E-state index in [0.717, 1.165) is 37.1 Å². The second-order valence-corrected chi connectivity index (χ2v) is 8.60. The Morgan fingerprint density at radius 2 is 1.83 bits per heavy atom. The highest BCUT2D eigenvalue weighted by Gasteiger charge is 2.43. The summed E-state index contributed by atoms with van der Waals surface area (Å²) in [5, 5.41) is 3.64. The number of ether oxygens (including phenoxy) is 1. The Kier molecular flexibility index (Phi) is 6.81. The van der Waals surface area contributed by atoms with E-state index in [9.17, 15) is 9.18 Å². The Labute approximate surface area is 179 Å². The van der Waals surface area contributed by atoms with E-state index in [2.05, 4.69) is 55.3 Å². The number of anilines is 1. The molecule has 0 amide bonds. The third-order valence-corrected chi connectivity index (χ3v) is 6.25. The highest BCUT2D eigenvalue weighted by atomic mass is 19.1. The minimum absolute atomic E-state index is 0.188. The van der Waals surface area contributed by atoms with Gasteiger partial charge in [-0.3, -0.25) is 0 Å². The van der Waals surface area contributed by atoms with Crippen molar-refractivity contribution in [2.24, 2.45) is 0 Å². The zero-order valence-corrected chi connectivity index (χ0v) is 18.7. The first kappa shape index (κ1) is 22.3. The van der Waals surface area contributed by atoms with Crippen molar-refractivity contribution >= 4 is 11.7 Å². The number of carbonyl (C=O) groups excluding carboxylic acids is 1. The first-order valence-electron chi connectivity index (χ1n) is 10.8. The van der Waals surface area contributed by atoms with E-state index in [1.165, 1.54) is 18.7 Å². The number of halogens is 1. The maximum Gasteiger partial charge on any atom is 0.338 e. The lowest BCUT2D eigenvalue weighted by Gasteiger charge is -2.52. The molecule has 0 aromatic heterocycles. The standard InChI is InChI=1S/C25H33FN2O2/c1-6-28(23-13-21(26)12-22(19(23)4)24(29)30-5)25(14-17(2)27-18(3)15-25)16-20-10-8-7-9-11-20/h7-13,17-18,27H,6,14-16H2,1-5H3/t17-,18+,25?. The summed E-state index contributed by atoms with van der Waals surface area (Å²) < 4.78 is 19.5. The van der Waals surface area contributed by atoms with Gasteiger partial charge < -0.3 is 15.0 Å². The van der Waals surface area contributed by atoms with Crippen LogP contribution in [-0.4, -0.2) is 37.2 Å². The molecule has 1 saturated heterocycles. The molecule has 1 unspecified atom stereocenters. The van der Waals surface area contributed by atoms with Crippen LogP contribution in [0, 0.1) is 12.7 Å². The highest BCUT2D eigenvalue weighted by Crippen LogP contribution is 2.40. The van der Waals surface area contributed by atoms with Crippen molar-refractivity contribution in [2.45, 2.75) is 64.6 Å². The van der Waals surface area contributed by atoms with E-state index in [0.29, 0.717) is 12.1 Å². The summed E-state index contributed by atoms with van der Waals surface area (Å²) >= 11 is 0. The predicted molar refractivity (Wildman–Crippen MR) is 120 cm³/mol. The van der Waals surface area contributed by atoms with Crippen LogP contribution in [0.1, 0.15) is 55.1 Å². The molecule has 2 aromatic rings. The fraction of sp³-hybridized carbons (Fsp3) is 0.480. The molecule has 1 heterocycles. The van der Waals surface area contributed by atoms with Crippen LogP contribution in [0.3, 0.4) is 0 Å². The first-order valence-corrected chi connectivity index (χ1v) is 10.8. The number of likely N-dealkylation sites (N-methyl/N-ethyl adjacent to an activating group) is 1. The summed E-state index contributed by atoms with van der Waals surface area (Å²) in [6.45, 7) is 9.13. The molecular weight excluding hydrogens is 379 g/mol. The molecule has 5 heteroatoms. The Balaban J connectivity index is 2.14. The van der Waals surface area contributed by atoms with Crippen LogP contribution in [0.5, 0.6) is 0 Å². The lowest BCUT2D eigenvalue weighted by atomic mass is 9.75. The van der Waals surface area contributed by atoms with Gasteiger partial charge in [-0.1, -0.05) is 30.3 Å². The van der Waals surface area contributed by atoms with Crippen LogP contribution < -0.4 is 10.2 Å². The molecule has 2 aromatic carbocycles. The number of carbonyl (C=O) groups is 1. The molecule has 0 aliphatic carbocycles. The number of piperidine rings is 1. The molecule has 4 nitrogen and oxygen atoms in total. The molecule has 30 heavy (non-hydrogen) atoms. The summed E-state index contributed by atoms with van der Waals surface area (Å²) in [5.74, 6) is -0.923. The molecule has 162 valence electrons. The third-order valence-electron chi connectivity index (χ3n) is 6.25. The van der Waals surface area contributed by atoms with Gasteiger partial charge in [0, 0.05) is 29.9 Å². The zero-order valence-electron chi connectivity index (χ0n) is 18.7. The van der Waals surface area contributed by atoms with E-state index in [1.807, 2.05) is 13.0 Å². The Hall–Kier alpha value is -2.40. The molecule has 3 atom stereocenters. The number of esters is 1. The van der Waals surface area contributed by atoms with Gasteiger partial charge in [0.2, 0.25) is 0 Å². The molecule has 0 radical (unpaired) electrons. The number of methoxy groups -OCH3 is 1. The van der Waals surface area contributed by atoms with Crippen LogP contribution in [0.25, 0.3) is 0 Å². The molecule has 1 aliphatic rings. The molecule has 1 fully saturated rings. The maximum atomic E-state index is 14.6. The molecular formula is C25H33FN2O2. The predicted octanol–water partition coefficient (Wildman–Crippen LogP) is 4.89. The van der Waals surface area contributed by atoms with Crippen LogP contribution in [0.15, 0.2) is 42.5 Å². The van der Waals surface area contributed by atoms with Crippen LogP contribution in [0.4, 0.5) is 10.1 Å². The van der Waals surface area contributed by atoms with E-state index < -0.39 is 11.8 Å². The largest absolute Gasteiger partial charge is 0.465 e. The molecule has 1 aliphatic heterocycles. The number of hydrogen-bond acceptors (Lipinski definition) is 4. The van der Waals surface area contributed by atoms with Crippen molar-refractivity contribution in [3.8, 4) is 0 Å². The molecule has 0 saturated carbocycles. The van der Waals surface area contributed by atoms with Gasteiger partial charge in [-0.15, -0.1) is 0 Å². The number of nitrogens with one attached hydrogen (secondary N) is 1. The van der Waals surface area contributed by atoms with Gasteiger partial charge in [0.05, 0.1) is 12.7 Å². The van der Waals surface area contributed by atoms with Gasteiger partial charge >= 0.3 is 5.97 Å². The molecule has 1 N–H and O–H groups in total. The van der Waals surface area contributed by atoms with E-state index in [1.54, 1.807) is 6.07 Å². The maximum absolute atomic E-state index is 14.6. The Morgan fingerprint density at radius 3 is 2.40 bits per heavy atom. The van der Waals surface area contributed by atoms with Crippen molar-refractivity contribution in [3.05, 3.63) is 65.0 Å². The Bertz CT molecular complexity index is 874. The normalized spacial score (nSPS) is 23.8. The van der Waals surface area contributed by atoms with Crippen molar-refractivity contribution < 1.29 is 13.9 Å². The van der Waals surface area contributed by atoms with Gasteiger partial charge in [0.1, 0.15) is 5.82 Å². The van der Waals surface area contributed by atoms with Crippen molar-refractivity contribution in [1.82, 2.24) is 5.32 Å². The van der Waals surface area contributed by atoms with E-state index >= 15 is 0 Å². The lowest BCUT2D eigenvalue weighted by Crippen LogP contribution is -2.61. The fourth-order valence-corrected chi connectivity index (χ4v) is 5.29. The number of benzene rings is 2. The van der Waals surface area contributed by atoms with Crippen molar-refractivity contribution in [2.75, 3.05) is 18.6 Å². The summed E-state index contributed by atoms with van der Waals surface area (Å²) in [6.07, 6.45) is 2.73. The average molecular weight is 413 g/mol. The van der Waals surface area contributed by atoms with Gasteiger partial charge in [-0.25, -0.2) is 9.18 Å². The monoisotopic (exact) mass is 412 g/mol. The summed E-state index contributed by atoms with van der Waals surface area (Å²) in [5.41, 5.74) is 2.90. The fourth-order valence-electron chi connectivity index (χ4n) is 5.29. The van der Waals surface area contributed by atoms with E-state index in [-0.39, 0.29) is 11.1 Å². The number of hydrogen-bond donors (Lipinski definition) is 1. The topological polar surface area (TPSA) is 41.6 Å². The molecule has 3 rings (SSSR count). The SMILES string of the molecule is CCN(c1cc(F)cc(C(=O)OC)c1C)C1(Cc2ccccc2)C[C@@H](C)N[C@@H](C)C1.